The van der Waals surface area contributed by atoms with Gasteiger partial charge in [0.25, 0.3) is 0 Å². The Bertz CT molecular complexity index is 1040. The van der Waals surface area contributed by atoms with Crippen LogP contribution in [0.1, 0.15) is 41.9 Å². The summed E-state index contributed by atoms with van der Waals surface area (Å²) in [6.45, 7) is 6.80. The predicted molar refractivity (Wildman–Crippen MR) is 125 cm³/mol. The normalized spacial score (nSPS) is 10.5. The van der Waals surface area contributed by atoms with Crippen LogP contribution in [-0.4, -0.2) is 24.9 Å². The molecular weight excluding hydrogens is 410 g/mol. The molecule has 3 aromatic rings. The number of nitrogens with one attached hydrogen (secondary N) is 1. The van der Waals surface area contributed by atoms with Crippen LogP contribution in [0.3, 0.4) is 0 Å². The summed E-state index contributed by atoms with van der Waals surface area (Å²) in [4.78, 5) is 26.1. The number of Topliss-reactive ketones (excluding diaryl/α,β-unsaturated/α-hetero) is 1. The molecule has 1 heterocycles. The number of ether oxygens (including phenoxy) is 2. The highest BCUT2D eigenvalue weighted by molar-refractivity contribution is 7.16. The van der Waals surface area contributed by atoms with Gasteiger partial charge in [0, 0.05) is 23.3 Å². The third-order valence-electron chi connectivity index (χ3n) is 4.71. The first-order valence-corrected chi connectivity index (χ1v) is 11.2. The van der Waals surface area contributed by atoms with E-state index in [1.807, 2.05) is 57.2 Å². The first-order chi connectivity index (χ1) is 15.0. The molecule has 0 aliphatic carbocycles. The monoisotopic (exact) mass is 437 g/mol. The third kappa shape index (κ3) is 5.95. The molecular formula is C25H27NO4S. The molecule has 3 rings (SSSR count). The van der Waals surface area contributed by atoms with E-state index in [-0.39, 0.29) is 24.5 Å². The fourth-order valence-electron chi connectivity index (χ4n) is 3.24. The van der Waals surface area contributed by atoms with Gasteiger partial charge in [-0.15, -0.1) is 11.3 Å². The SMILES string of the molecule is CCOc1ccc(C(=O)CCC(=O)Nc2cc(-c3ccccc3)c(C)s2)cc1OCC. The van der Waals surface area contributed by atoms with Crippen molar-refractivity contribution in [3.63, 3.8) is 0 Å². The Morgan fingerprint density at radius 2 is 1.61 bits per heavy atom. The summed E-state index contributed by atoms with van der Waals surface area (Å²) in [6.07, 6.45) is 0.245. The summed E-state index contributed by atoms with van der Waals surface area (Å²) in [5.74, 6) is 0.875. The molecule has 0 bridgehead atoms. The van der Waals surface area contributed by atoms with Gasteiger partial charge in [0.15, 0.2) is 17.3 Å². The number of amides is 1. The molecule has 0 spiro atoms. The van der Waals surface area contributed by atoms with Crippen molar-refractivity contribution in [1.82, 2.24) is 0 Å². The van der Waals surface area contributed by atoms with Crippen LogP contribution in [0.5, 0.6) is 11.5 Å². The number of benzene rings is 2. The second-order valence-corrected chi connectivity index (χ2v) is 8.20. The lowest BCUT2D eigenvalue weighted by Gasteiger charge is -2.12. The molecule has 0 aliphatic rings. The Kier molecular flexibility index (Phi) is 7.84. The largest absolute Gasteiger partial charge is 0.490 e. The highest BCUT2D eigenvalue weighted by atomic mass is 32.1. The lowest BCUT2D eigenvalue weighted by molar-refractivity contribution is -0.116. The number of rotatable bonds is 10. The summed E-state index contributed by atoms with van der Waals surface area (Å²) in [6, 6.07) is 17.2. The van der Waals surface area contributed by atoms with Crippen molar-refractivity contribution in [2.24, 2.45) is 0 Å². The number of hydrogen-bond donors (Lipinski definition) is 1. The number of carbonyl (C=O) groups is 2. The number of ketones is 1. The average Bonchev–Trinajstić information content (AvgIpc) is 3.14. The summed E-state index contributed by atoms with van der Waals surface area (Å²) in [7, 11) is 0. The molecule has 0 aliphatic heterocycles. The van der Waals surface area contributed by atoms with E-state index in [0.717, 1.165) is 21.0 Å². The molecule has 162 valence electrons. The van der Waals surface area contributed by atoms with Crippen molar-refractivity contribution in [2.75, 3.05) is 18.5 Å². The molecule has 5 nitrogen and oxygen atoms in total. The van der Waals surface area contributed by atoms with Gasteiger partial charge in [0.2, 0.25) is 5.91 Å². The maximum Gasteiger partial charge on any atom is 0.225 e. The van der Waals surface area contributed by atoms with Crippen molar-refractivity contribution in [3.8, 4) is 22.6 Å². The number of aryl methyl sites for hydroxylation is 1. The molecule has 1 amide bonds. The quantitative estimate of drug-likeness (QED) is 0.388. The zero-order chi connectivity index (χ0) is 22.2. The van der Waals surface area contributed by atoms with Crippen LogP contribution in [0.4, 0.5) is 5.00 Å². The standard InChI is InChI=1S/C25H27NO4S/c1-4-29-22-13-11-19(15-23(22)30-5-2)21(27)12-14-24(28)26-25-16-20(17(3)31-25)18-9-7-6-8-10-18/h6-11,13,15-16H,4-5,12,14H2,1-3H3,(H,26,28). The van der Waals surface area contributed by atoms with Crippen LogP contribution in [0, 0.1) is 6.92 Å². The van der Waals surface area contributed by atoms with Gasteiger partial charge in [-0.2, -0.15) is 0 Å². The Morgan fingerprint density at radius 1 is 0.903 bits per heavy atom. The molecule has 0 saturated carbocycles. The van der Waals surface area contributed by atoms with E-state index < -0.39 is 0 Å². The van der Waals surface area contributed by atoms with Gasteiger partial charge >= 0.3 is 0 Å². The minimum absolute atomic E-state index is 0.105. The molecule has 0 fully saturated rings. The summed E-state index contributed by atoms with van der Waals surface area (Å²) in [5, 5.41) is 3.71. The van der Waals surface area contributed by atoms with E-state index in [1.165, 1.54) is 11.3 Å². The highest BCUT2D eigenvalue weighted by Crippen LogP contribution is 2.34. The molecule has 0 saturated heterocycles. The molecule has 0 radical (unpaired) electrons. The summed E-state index contributed by atoms with van der Waals surface area (Å²) < 4.78 is 11.1. The average molecular weight is 438 g/mol. The van der Waals surface area contributed by atoms with Crippen molar-refractivity contribution < 1.29 is 19.1 Å². The molecule has 2 aromatic carbocycles. The van der Waals surface area contributed by atoms with Gasteiger partial charge in [-0.1, -0.05) is 30.3 Å². The second-order valence-electron chi connectivity index (χ2n) is 6.95. The van der Waals surface area contributed by atoms with Crippen molar-refractivity contribution in [1.29, 1.82) is 0 Å². The molecule has 1 aromatic heterocycles. The van der Waals surface area contributed by atoms with Gasteiger partial charge in [-0.25, -0.2) is 0 Å². The lowest BCUT2D eigenvalue weighted by atomic mass is 10.1. The van der Waals surface area contributed by atoms with E-state index in [4.69, 9.17) is 9.47 Å². The Labute approximate surface area is 187 Å². The van der Waals surface area contributed by atoms with Crippen molar-refractivity contribution >= 4 is 28.0 Å². The number of anilines is 1. The van der Waals surface area contributed by atoms with Gasteiger partial charge in [-0.05, 0) is 56.2 Å². The smallest absolute Gasteiger partial charge is 0.225 e. The van der Waals surface area contributed by atoms with Crippen molar-refractivity contribution in [2.45, 2.75) is 33.6 Å². The van der Waals surface area contributed by atoms with Crippen LogP contribution >= 0.6 is 11.3 Å². The van der Waals surface area contributed by atoms with Crippen LogP contribution in [0.25, 0.3) is 11.1 Å². The minimum Gasteiger partial charge on any atom is -0.490 e. The van der Waals surface area contributed by atoms with Crippen LogP contribution in [0.15, 0.2) is 54.6 Å². The molecule has 6 heteroatoms. The van der Waals surface area contributed by atoms with E-state index >= 15 is 0 Å². The van der Waals surface area contributed by atoms with Crippen LogP contribution in [0.2, 0.25) is 0 Å². The molecule has 0 unspecified atom stereocenters. The Balaban J connectivity index is 1.60. The van der Waals surface area contributed by atoms with Gasteiger partial charge in [0.1, 0.15) is 0 Å². The maximum atomic E-state index is 12.6. The van der Waals surface area contributed by atoms with Crippen molar-refractivity contribution in [3.05, 3.63) is 65.0 Å². The van der Waals surface area contributed by atoms with E-state index in [9.17, 15) is 9.59 Å². The first-order valence-electron chi connectivity index (χ1n) is 10.4. The minimum atomic E-state index is -0.176. The van der Waals surface area contributed by atoms with Gasteiger partial charge in [-0.3, -0.25) is 9.59 Å². The second kappa shape index (κ2) is 10.8. The Morgan fingerprint density at radius 3 is 2.32 bits per heavy atom. The number of thiophene rings is 1. The third-order valence-corrected chi connectivity index (χ3v) is 5.68. The van der Waals surface area contributed by atoms with E-state index in [0.29, 0.717) is 30.3 Å². The lowest BCUT2D eigenvalue weighted by Crippen LogP contribution is -2.13. The zero-order valence-corrected chi connectivity index (χ0v) is 18.9. The van der Waals surface area contributed by atoms with Gasteiger partial charge in [0.05, 0.1) is 18.2 Å². The van der Waals surface area contributed by atoms with Crippen LogP contribution in [-0.2, 0) is 4.79 Å². The number of hydrogen-bond acceptors (Lipinski definition) is 5. The highest BCUT2D eigenvalue weighted by Gasteiger charge is 2.15. The predicted octanol–water partition coefficient (Wildman–Crippen LogP) is 6.12. The Hall–Kier alpha value is -3.12. The first kappa shape index (κ1) is 22.6. The molecule has 1 N–H and O–H groups in total. The summed E-state index contributed by atoms with van der Waals surface area (Å²) >= 11 is 1.53. The summed E-state index contributed by atoms with van der Waals surface area (Å²) in [5.41, 5.74) is 2.74. The topological polar surface area (TPSA) is 64.6 Å². The van der Waals surface area contributed by atoms with Gasteiger partial charge < -0.3 is 14.8 Å². The van der Waals surface area contributed by atoms with E-state index in [2.05, 4.69) is 5.32 Å². The fraction of sp³-hybridized carbons (Fsp3) is 0.280. The van der Waals surface area contributed by atoms with E-state index in [1.54, 1.807) is 18.2 Å². The molecule has 31 heavy (non-hydrogen) atoms. The van der Waals surface area contributed by atoms with Crippen LogP contribution < -0.4 is 14.8 Å². The number of carbonyl (C=O) groups excluding carboxylic acids is 2. The fourth-order valence-corrected chi connectivity index (χ4v) is 4.20. The maximum absolute atomic E-state index is 12.6. The molecule has 0 atom stereocenters. The zero-order valence-electron chi connectivity index (χ0n) is 18.1.